The van der Waals surface area contributed by atoms with Gasteiger partial charge in [-0.3, -0.25) is 24.6 Å². The highest BCUT2D eigenvalue weighted by atomic mass is 19.4. The van der Waals surface area contributed by atoms with E-state index in [1.54, 1.807) is 6.92 Å². The van der Waals surface area contributed by atoms with Gasteiger partial charge in [-0.2, -0.15) is 13.2 Å². The minimum absolute atomic E-state index is 0.00402. The molecule has 2 amide bonds. The van der Waals surface area contributed by atoms with Gasteiger partial charge in [-0.05, 0) is 31.5 Å². The van der Waals surface area contributed by atoms with E-state index in [2.05, 4.69) is 5.32 Å². The number of carbonyl (C=O) groups is 2. The largest absolute Gasteiger partial charge is 0.478 e. The topological polar surface area (TPSA) is 102 Å². The lowest BCUT2D eigenvalue weighted by molar-refractivity contribution is -0.384. The highest BCUT2D eigenvalue weighted by molar-refractivity contribution is 6.08. The summed E-state index contributed by atoms with van der Waals surface area (Å²) in [6.45, 7) is 3.01. The van der Waals surface area contributed by atoms with Gasteiger partial charge in [0.1, 0.15) is 11.8 Å². The number of nitro benzene ring substituents is 1. The highest BCUT2D eigenvalue weighted by Gasteiger charge is 2.40. The van der Waals surface area contributed by atoms with Crippen molar-refractivity contribution in [1.29, 1.82) is 0 Å². The summed E-state index contributed by atoms with van der Waals surface area (Å²) in [5.41, 5.74) is -1.83. The minimum Gasteiger partial charge on any atom is -0.478 e. The van der Waals surface area contributed by atoms with Gasteiger partial charge in [-0.15, -0.1) is 0 Å². The smallest absolute Gasteiger partial charge is 0.418 e. The number of non-ortho nitro benzene ring substituents is 1. The lowest BCUT2D eigenvalue weighted by Gasteiger charge is -2.37. The summed E-state index contributed by atoms with van der Waals surface area (Å²) in [4.78, 5) is 37.2. The molecule has 8 nitrogen and oxygen atoms in total. The van der Waals surface area contributed by atoms with Crippen molar-refractivity contribution in [2.45, 2.75) is 38.6 Å². The van der Waals surface area contributed by atoms with Gasteiger partial charge in [0, 0.05) is 12.1 Å². The van der Waals surface area contributed by atoms with Gasteiger partial charge in [-0.25, -0.2) is 0 Å². The third-order valence-electron chi connectivity index (χ3n) is 4.82. The molecule has 0 saturated carbocycles. The van der Waals surface area contributed by atoms with E-state index in [1.165, 1.54) is 31.2 Å². The maximum Gasteiger partial charge on any atom is 0.418 e. The first-order valence-corrected chi connectivity index (χ1v) is 9.29. The van der Waals surface area contributed by atoms with Gasteiger partial charge in [0.2, 0.25) is 5.91 Å². The van der Waals surface area contributed by atoms with Crippen molar-refractivity contribution in [3.63, 3.8) is 0 Å². The number of halogens is 3. The van der Waals surface area contributed by atoms with Crippen molar-refractivity contribution in [2.24, 2.45) is 0 Å². The maximum absolute atomic E-state index is 13.2. The van der Waals surface area contributed by atoms with Crippen LogP contribution in [0.1, 0.15) is 25.8 Å². The molecule has 3 rings (SSSR count). The molecule has 0 aliphatic carbocycles. The number of hydrogen-bond donors (Lipinski definition) is 1. The van der Waals surface area contributed by atoms with Crippen LogP contribution in [-0.4, -0.2) is 28.9 Å². The molecular weight excluding hydrogens is 419 g/mol. The number of para-hydroxylation sites is 1. The molecule has 164 valence electrons. The summed E-state index contributed by atoms with van der Waals surface area (Å²) in [5, 5.41) is 13.4. The Labute approximate surface area is 174 Å². The van der Waals surface area contributed by atoms with Gasteiger partial charge in [0.05, 0.1) is 21.9 Å². The first kappa shape index (κ1) is 22.1. The van der Waals surface area contributed by atoms with E-state index >= 15 is 0 Å². The lowest BCUT2D eigenvalue weighted by atomic mass is 10.1. The third kappa shape index (κ3) is 4.30. The van der Waals surface area contributed by atoms with Crippen LogP contribution in [0.25, 0.3) is 0 Å². The number of rotatable bonds is 5. The number of amides is 2. The third-order valence-corrected chi connectivity index (χ3v) is 4.82. The molecule has 31 heavy (non-hydrogen) atoms. The standard InChI is InChI=1S/C20H18F3N3O5/c1-3-16-19(28)25(15-10-12(26(29)30)8-9-17(15)31-16)11(2)18(27)24-14-7-5-4-6-13(14)20(21,22)23/h4-11,16H,3H2,1-2H3,(H,24,27). The second-order valence-electron chi connectivity index (χ2n) is 6.84. The van der Waals surface area contributed by atoms with Crippen molar-refractivity contribution < 1.29 is 32.4 Å². The van der Waals surface area contributed by atoms with E-state index in [0.717, 1.165) is 23.1 Å². The Balaban J connectivity index is 1.98. The highest BCUT2D eigenvalue weighted by Crippen LogP contribution is 2.39. The summed E-state index contributed by atoms with van der Waals surface area (Å²) in [5.74, 6) is -1.35. The van der Waals surface area contributed by atoms with Crippen LogP contribution in [0.2, 0.25) is 0 Å². The lowest BCUT2D eigenvalue weighted by Crippen LogP contribution is -2.53. The molecule has 0 aromatic heterocycles. The predicted octanol–water partition coefficient (Wildman–Crippen LogP) is 4.14. The molecular formula is C20H18F3N3O5. The number of anilines is 2. The molecule has 2 aromatic rings. The molecule has 0 fully saturated rings. The number of nitrogens with zero attached hydrogens (tertiary/aromatic N) is 2. The number of nitrogens with one attached hydrogen (secondary N) is 1. The number of carbonyl (C=O) groups excluding carboxylic acids is 2. The van der Waals surface area contributed by atoms with Gasteiger partial charge >= 0.3 is 6.18 Å². The summed E-state index contributed by atoms with van der Waals surface area (Å²) in [6.07, 6.45) is -5.37. The van der Waals surface area contributed by atoms with E-state index in [4.69, 9.17) is 4.74 Å². The van der Waals surface area contributed by atoms with Crippen molar-refractivity contribution in [1.82, 2.24) is 0 Å². The normalized spacial score (nSPS) is 16.9. The number of ether oxygens (including phenoxy) is 1. The van der Waals surface area contributed by atoms with E-state index in [0.29, 0.717) is 0 Å². The zero-order valence-corrected chi connectivity index (χ0v) is 16.5. The number of nitro groups is 1. The molecule has 0 saturated heterocycles. The van der Waals surface area contributed by atoms with E-state index in [1.807, 2.05) is 0 Å². The van der Waals surface area contributed by atoms with Crippen molar-refractivity contribution >= 4 is 28.9 Å². The van der Waals surface area contributed by atoms with Crippen molar-refractivity contribution in [2.75, 3.05) is 10.2 Å². The van der Waals surface area contributed by atoms with Crippen LogP contribution in [0.4, 0.5) is 30.2 Å². The quantitative estimate of drug-likeness (QED) is 0.560. The molecule has 1 heterocycles. The number of fused-ring (bicyclic) bond motifs is 1. The van der Waals surface area contributed by atoms with Crippen LogP contribution in [-0.2, 0) is 15.8 Å². The molecule has 0 radical (unpaired) electrons. The fourth-order valence-electron chi connectivity index (χ4n) is 3.24. The number of benzene rings is 2. The van der Waals surface area contributed by atoms with Crippen molar-refractivity contribution in [3.05, 3.63) is 58.1 Å². The fourth-order valence-corrected chi connectivity index (χ4v) is 3.24. The minimum atomic E-state index is -4.69. The Bertz CT molecular complexity index is 1040. The van der Waals surface area contributed by atoms with Crippen LogP contribution in [0.15, 0.2) is 42.5 Å². The molecule has 2 aromatic carbocycles. The van der Waals surface area contributed by atoms with E-state index in [-0.39, 0.29) is 23.5 Å². The zero-order chi connectivity index (χ0) is 22.9. The molecule has 2 unspecified atom stereocenters. The molecule has 0 bridgehead atoms. The second-order valence-corrected chi connectivity index (χ2v) is 6.84. The average molecular weight is 437 g/mol. The predicted molar refractivity (Wildman–Crippen MR) is 105 cm³/mol. The van der Waals surface area contributed by atoms with Crippen LogP contribution in [0.3, 0.4) is 0 Å². The van der Waals surface area contributed by atoms with Gasteiger partial charge < -0.3 is 10.1 Å². The molecule has 1 N–H and O–H groups in total. The van der Waals surface area contributed by atoms with E-state index in [9.17, 15) is 32.9 Å². The second kappa shape index (κ2) is 8.25. The van der Waals surface area contributed by atoms with Gasteiger partial charge in [0.25, 0.3) is 11.6 Å². The number of hydrogen-bond acceptors (Lipinski definition) is 5. The summed E-state index contributed by atoms with van der Waals surface area (Å²) in [7, 11) is 0. The van der Waals surface area contributed by atoms with Crippen LogP contribution in [0, 0.1) is 10.1 Å². The zero-order valence-electron chi connectivity index (χ0n) is 16.5. The van der Waals surface area contributed by atoms with Crippen LogP contribution >= 0.6 is 0 Å². The molecule has 1 aliphatic heterocycles. The molecule has 1 aliphatic rings. The molecule has 11 heteroatoms. The molecule has 2 atom stereocenters. The SMILES string of the molecule is CCC1Oc2ccc([N+](=O)[O-])cc2N(C(C)C(=O)Nc2ccccc2C(F)(F)F)C1=O. The molecule has 0 spiro atoms. The van der Waals surface area contributed by atoms with Crippen LogP contribution in [0.5, 0.6) is 5.75 Å². The summed E-state index contributed by atoms with van der Waals surface area (Å²) in [6, 6.07) is 6.78. The first-order chi connectivity index (χ1) is 14.5. The first-order valence-electron chi connectivity index (χ1n) is 9.29. The van der Waals surface area contributed by atoms with Gasteiger partial charge in [0.15, 0.2) is 6.10 Å². The Morgan fingerprint density at radius 2 is 1.97 bits per heavy atom. The van der Waals surface area contributed by atoms with Crippen molar-refractivity contribution in [3.8, 4) is 5.75 Å². The Kier molecular flexibility index (Phi) is 5.87. The average Bonchev–Trinajstić information content (AvgIpc) is 2.72. The summed E-state index contributed by atoms with van der Waals surface area (Å²) >= 11 is 0. The fraction of sp³-hybridized carbons (Fsp3) is 0.300. The summed E-state index contributed by atoms with van der Waals surface area (Å²) < 4.78 is 45.3. The van der Waals surface area contributed by atoms with E-state index < -0.39 is 46.3 Å². The van der Waals surface area contributed by atoms with Crippen LogP contribution < -0.4 is 15.0 Å². The Morgan fingerprint density at radius 3 is 2.58 bits per heavy atom. The maximum atomic E-state index is 13.2. The number of alkyl halides is 3. The Hall–Kier alpha value is -3.63. The van der Waals surface area contributed by atoms with Gasteiger partial charge in [-0.1, -0.05) is 19.1 Å². The monoisotopic (exact) mass is 437 g/mol. The Morgan fingerprint density at radius 1 is 1.29 bits per heavy atom.